The quantitative estimate of drug-likeness (QED) is 0.581. The zero-order valence-corrected chi connectivity index (χ0v) is 17.4. The number of thiophene rings is 1. The summed E-state index contributed by atoms with van der Waals surface area (Å²) in [7, 11) is -2.06. The zero-order valence-electron chi connectivity index (χ0n) is 15.8. The molecule has 1 amide bonds. The first kappa shape index (κ1) is 20.1. The van der Waals surface area contributed by atoms with Gasteiger partial charge in [0.1, 0.15) is 0 Å². The summed E-state index contributed by atoms with van der Waals surface area (Å²) in [6, 6.07) is 19.1. The van der Waals surface area contributed by atoms with Gasteiger partial charge in [0, 0.05) is 24.0 Å². The third-order valence-corrected chi connectivity index (χ3v) is 7.08. The molecule has 0 fully saturated rings. The summed E-state index contributed by atoms with van der Waals surface area (Å²) >= 11 is 1.58. The average molecular weight is 415 g/mol. The molecule has 0 N–H and O–H groups in total. The molecular weight excluding hydrogens is 392 g/mol. The minimum Gasteiger partial charge on any atom is -0.337 e. The minimum atomic E-state index is -3.77. The van der Waals surface area contributed by atoms with Gasteiger partial charge in [0.25, 0.3) is 15.9 Å². The first-order chi connectivity index (χ1) is 13.4. The molecular formula is C21H22N2O3S2. The fourth-order valence-electron chi connectivity index (χ4n) is 2.93. The number of benzene rings is 2. The van der Waals surface area contributed by atoms with Crippen molar-refractivity contribution in [3.8, 4) is 0 Å². The van der Waals surface area contributed by atoms with Crippen molar-refractivity contribution in [3.05, 3.63) is 82.6 Å². The Morgan fingerprint density at radius 3 is 2.39 bits per heavy atom. The van der Waals surface area contributed by atoms with Crippen molar-refractivity contribution in [2.75, 3.05) is 17.9 Å². The Kier molecular flexibility index (Phi) is 6.16. The second-order valence-corrected chi connectivity index (χ2v) is 9.17. The van der Waals surface area contributed by atoms with Crippen LogP contribution in [0.1, 0.15) is 22.2 Å². The number of sulfonamides is 1. The molecule has 1 aromatic heterocycles. The van der Waals surface area contributed by atoms with Crippen LogP contribution in [0, 0.1) is 0 Å². The molecule has 0 aliphatic heterocycles. The Balaban J connectivity index is 1.88. The van der Waals surface area contributed by atoms with Crippen LogP contribution < -0.4 is 4.31 Å². The molecule has 28 heavy (non-hydrogen) atoms. The van der Waals surface area contributed by atoms with E-state index in [1.807, 2.05) is 23.6 Å². The Bertz CT molecular complexity index is 1030. The van der Waals surface area contributed by atoms with Crippen molar-refractivity contribution in [3.63, 3.8) is 0 Å². The number of hydrogen-bond donors (Lipinski definition) is 0. The van der Waals surface area contributed by atoms with Crippen LogP contribution in [0.25, 0.3) is 0 Å². The van der Waals surface area contributed by atoms with Gasteiger partial charge in [-0.05, 0) is 48.7 Å². The fraction of sp³-hybridized carbons (Fsp3) is 0.190. The second-order valence-electron chi connectivity index (χ2n) is 6.27. The molecule has 1 heterocycles. The molecule has 5 nitrogen and oxygen atoms in total. The van der Waals surface area contributed by atoms with Crippen molar-refractivity contribution < 1.29 is 13.2 Å². The average Bonchev–Trinajstić information content (AvgIpc) is 3.21. The number of anilines is 1. The van der Waals surface area contributed by atoms with Crippen LogP contribution in [-0.2, 0) is 16.6 Å². The Hall–Kier alpha value is -2.64. The lowest BCUT2D eigenvalue weighted by molar-refractivity contribution is 0.0786. The highest BCUT2D eigenvalue weighted by molar-refractivity contribution is 7.92. The summed E-state index contributed by atoms with van der Waals surface area (Å²) in [6.45, 7) is 2.57. The predicted molar refractivity (Wildman–Crippen MR) is 113 cm³/mol. The number of nitrogens with zero attached hydrogens (tertiary/aromatic N) is 2. The van der Waals surface area contributed by atoms with E-state index in [4.69, 9.17) is 0 Å². The largest absolute Gasteiger partial charge is 0.337 e. The van der Waals surface area contributed by atoms with Gasteiger partial charge in [-0.2, -0.15) is 0 Å². The third-order valence-electron chi connectivity index (χ3n) is 4.32. The maximum absolute atomic E-state index is 13.2. The zero-order chi connectivity index (χ0) is 20.1. The van der Waals surface area contributed by atoms with Gasteiger partial charge < -0.3 is 4.90 Å². The van der Waals surface area contributed by atoms with Crippen LogP contribution in [0.2, 0.25) is 0 Å². The van der Waals surface area contributed by atoms with Gasteiger partial charge in [0.05, 0.1) is 17.1 Å². The van der Waals surface area contributed by atoms with Crippen LogP contribution in [0.15, 0.2) is 77.0 Å². The monoisotopic (exact) mass is 414 g/mol. The van der Waals surface area contributed by atoms with E-state index in [1.54, 1.807) is 66.6 Å². The molecule has 7 heteroatoms. The lowest BCUT2D eigenvalue weighted by Gasteiger charge is -2.23. The Morgan fingerprint density at radius 2 is 1.75 bits per heavy atom. The van der Waals surface area contributed by atoms with Gasteiger partial charge in [0.15, 0.2) is 0 Å². The number of amides is 1. The lowest BCUT2D eigenvalue weighted by atomic mass is 10.2. The molecule has 0 bridgehead atoms. The molecule has 3 rings (SSSR count). The van der Waals surface area contributed by atoms with E-state index >= 15 is 0 Å². The van der Waals surface area contributed by atoms with Gasteiger partial charge in [-0.3, -0.25) is 9.10 Å². The van der Waals surface area contributed by atoms with Crippen LogP contribution in [0.5, 0.6) is 0 Å². The highest BCUT2D eigenvalue weighted by Gasteiger charge is 2.25. The van der Waals surface area contributed by atoms with Crippen molar-refractivity contribution in [1.29, 1.82) is 0 Å². The first-order valence-corrected chi connectivity index (χ1v) is 11.2. The second kappa shape index (κ2) is 8.58. The van der Waals surface area contributed by atoms with E-state index in [0.717, 1.165) is 4.88 Å². The van der Waals surface area contributed by atoms with E-state index in [1.165, 1.54) is 16.4 Å². The summed E-state index contributed by atoms with van der Waals surface area (Å²) in [5.74, 6) is -0.215. The normalized spacial score (nSPS) is 11.2. The van der Waals surface area contributed by atoms with Gasteiger partial charge in [-0.25, -0.2) is 8.42 Å². The van der Waals surface area contributed by atoms with Gasteiger partial charge in [0.2, 0.25) is 0 Å². The lowest BCUT2D eigenvalue weighted by Crippen LogP contribution is -2.31. The molecule has 0 saturated carbocycles. The van der Waals surface area contributed by atoms with E-state index in [9.17, 15) is 13.2 Å². The fourth-order valence-corrected chi connectivity index (χ4v) is 5.21. The van der Waals surface area contributed by atoms with Crippen molar-refractivity contribution in [2.24, 2.45) is 0 Å². The topological polar surface area (TPSA) is 57.7 Å². The van der Waals surface area contributed by atoms with Gasteiger partial charge in [-0.1, -0.05) is 30.3 Å². The maximum Gasteiger partial charge on any atom is 0.264 e. The number of carbonyl (C=O) groups excluding carboxylic acids is 1. The van der Waals surface area contributed by atoms with Crippen molar-refractivity contribution >= 4 is 33.0 Å². The SMILES string of the molecule is CCN(c1ccccc1)S(=O)(=O)c1cccc(C(=O)N(C)Cc2cccs2)c1. The molecule has 0 unspecified atom stereocenters. The molecule has 0 aliphatic rings. The standard InChI is InChI=1S/C21H22N2O3S2/c1-3-23(18-10-5-4-6-11-18)28(25,26)20-13-7-9-17(15-20)21(24)22(2)16-19-12-8-14-27-19/h4-15H,3,16H2,1-2H3. The summed E-state index contributed by atoms with van der Waals surface area (Å²) in [5.41, 5.74) is 0.945. The summed E-state index contributed by atoms with van der Waals surface area (Å²) < 4.78 is 27.7. The third kappa shape index (κ3) is 4.26. The van der Waals surface area contributed by atoms with E-state index < -0.39 is 10.0 Å². The van der Waals surface area contributed by atoms with Crippen LogP contribution in [-0.4, -0.2) is 32.8 Å². The first-order valence-electron chi connectivity index (χ1n) is 8.89. The molecule has 0 spiro atoms. The molecule has 3 aromatic rings. The minimum absolute atomic E-state index is 0.105. The maximum atomic E-state index is 13.2. The molecule has 0 saturated heterocycles. The predicted octanol–water partition coefficient (Wildman–Crippen LogP) is 4.24. The van der Waals surface area contributed by atoms with E-state index in [-0.39, 0.29) is 10.8 Å². The van der Waals surface area contributed by atoms with E-state index in [2.05, 4.69) is 0 Å². The number of para-hydroxylation sites is 1. The van der Waals surface area contributed by atoms with Gasteiger partial charge in [-0.15, -0.1) is 11.3 Å². The van der Waals surface area contributed by atoms with Crippen LogP contribution >= 0.6 is 11.3 Å². The summed E-state index contributed by atoms with van der Waals surface area (Å²) in [6.07, 6.45) is 0. The van der Waals surface area contributed by atoms with E-state index in [0.29, 0.717) is 24.3 Å². The van der Waals surface area contributed by atoms with Crippen molar-refractivity contribution in [1.82, 2.24) is 4.90 Å². The van der Waals surface area contributed by atoms with Crippen LogP contribution in [0.3, 0.4) is 0 Å². The number of rotatable bonds is 7. The van der Waals surface area contributed by atoms with Crippen molar-refractivity contribution in [2.45, 2.75) is 18.4 Å². The highest BCUT2D eigenvalue weighted by Crippen LogP contribution is 2.24. The smallest absolute Gasteiger partial charge is 0.264 e. The van der Waals surface area contributed by atoms with Gasteiger partial charge >= 0.3 is 0 Å². The summed E-state index contributed by atoms with van der Waals surface area (Å²) in [4.78, 5) is 15.5. The molecule has 146 valence electrons. The Morgan fingerprint density at radius 1 is 1.00 bits per heavy atom. The Labute approximate surface area is 169 Å². The molecule has 0 aliphatic carbocycles. The number of carbonyl (C=O) groups is 1. The molecule has 0 atom stereocenters. The summed E-state index contributed by atoms with van der Waals surface area (Å²) in [5, 5.41) is 1.96. The highest BCUT2D eigenvalue weighted by atomic mass is 32.2. The van der Waals surface area contributed by atoms with Crippen LogP contribution in [0.4, 0.5) is 5.69 Å². The molecule has 2 aromatic carbocycles. The number of hydrogen-bond acceptors (Lipinski definition) is 4. The molecule has 0 radical (unpaired) electrons.